The first-order valence-corrected chi connectivity index (χ1v) is 8.81. The molecule has 3 aromatic rings. The molecule has 140 valence electrons. The number of fused-ring (bicyclic) bond motifs is 1. The number of benzene rings is 2. The fraction of sp³-hybridized carbons (Fsp3) is 0.273. The van der Waals surface area contributed by atoms with E-state index in [0.717, 1.165) is 27.5 Å². The summed E-state index contributed by atoms with van der Waals surface area (Å²) < 4.78 is 11.0. The minimum atomic E-state index is -0.523. The van der Waals surface area contributed by atoms with E-state index >= 15 is 0 Å². The second-order valence-electron chi connectivity index (χ2n) is 6.76. The quantitative estimate of drug-likeness (QED) is 0.685. The molecule has 1 amide bonds. The molecule has 5 heteroatoms. The van der Waals surface area contributed by atoms with Gasteiger partial charge in [0, 0.05) is 31.9 Å². The van der Waals surface area contributed by atoms with Crippen LogP contribution >= 0.6 is 0 Å². The fourth-order valence-corrected chi connectivity index (χ4v) is 3.03. The van der Waals surface area contributed by atoms with Gasteiger partial charge in [-0.05, 0) is 53.9 Å². The van der Waals surface area contributed by atoms with Gasteiger partial charge in [0.25, 0.3) is 5.91 Å². The van der Waals surface area contributed by atoms with E-state index in [0.29, 0.717) is 11.6 Å². The predicted octanol–water partition coefficient (Wildman–Crippen LogP) is 4.07. The Labute approximate surface area is 159 Å². The molecule has 1 unspecified atom stereocenters. The summed E-state index contributed by atoms with van der Waals surface area (Å²) in [5.41, 5.74) is 3.28. The third kappa shape index (κ3) is 4.03. The van der Waals surface area contributed by atoms with Gasteiger partial charge in [-0.1, -0.05) is 18.2 Å². The zero-order valence-corrected chi connectivity index (χ0v) is 16.3. The summed E-state index contributed by atoms with van der Waals surface area (Å²) >= 11 is 0. The van der Waals surface area contributed by atoms with Crippen LogP contribution in [0.3, 0.4) is 0 Å². The van der Waals surface area contributed by atoms with Gasteiger partial charge >= 0.3 is 0 Å². The maximum atomic E-state index is 12.0. The van der Waals surface area contributed by atoms with Crippen molar-refractivity contribution in [1.29, 1.82) is 0 Å². The molecule has 3 rings (SSSR count). The molecule has 1 heterocycles. The van der Waals surface area contributed by atoms with E-state index in [2.05, 4.69) is 23.2 Å². The standard InChI is InChI=1S/C22H24N2O3/c1-14-10-21(26-5)23-13-20(14)18-7-6-17-12-19(9-8-16(17)11-18)27-15(2)22(25)24(3)4/h6-13,15H,1-5H3. The first-order valence-electron chi connectivity index (χ1n) is 8.81. The molecule has 0 bridgehead atoms. The Balaban J connectivity index is 1.88. The lowest BCUT2D eigenvalue weighted by atomic mass is 9.99. The molecule has 0 fully saturated rings. The van der Waals surface area contributed by atoms with E-state index in [1.54, 1.807) is 28.1 Å². The number of aromatic nitrogens is 1. The fourth-order valence-electron chi connectivity index (χ4n) is 3.03. The number of amides is 1. The van der Waals surface area contributed by atoms with Crippen molar-refractivity contribution in [2.45, 2.75) is 20.0 Å². The number of likely N-dealkylation sites (N-methyl/N-ethyl adjacent to an activating group) is 1. The van der Waals surface area contributed by atoms with Crippen molar-refractivity contribution in [3.63, 3.8) is 0 Å². The van der Waals surface area contributed by atoms with E-state index < -0.39 is 6.10 Å². The number of hydrogen-bond acceptors (Lipinski definition) is 4. The lowest BCUT2D eigenvalue weighted by molar-refractivity contribution is -0.135. The van der Waals surface area contributed by atoms with Gasteiger partial charge in [0.1, 0.15) is 5.75 Å². The normalized spacial score (nSPS) is 11.9. The van der Waals surface area contributed by atoms with E-state index in [9.17, 15) is 4.79 Å². The zero-order chi connectivity index (χ0) is 19.6. The molecule has 0 aliphatic rings. The monoisotopic (exact) mass is 364 g/mol. The van der Waals surface area contributed by atoms with Crippen LogP contribution in [-0.4, -0.2) is 43.1 Å². The van der Waals surface area contributed by atoms with Gasteiger partial charge in [0.2, 0.25) is 5.88 Å². The number of methoxy groups -OCH3 is 1. The van der Waals surface area contributed by atoms with E-state index in [4.69, 9.17) is 9.47 Å². The molecule has 27 heavy (non-hydrogen) atoms. The summed E-state index contributed by atoms with van der Waals surface area (Å²) in [5, 5.41) is 2.15. The summed E-state index contributed by atoms with van der Waals surface area (Å²) in [7, 11) is 5.06. The Morgan fingerprint density at radius 2 is 1.78 bits per heavy atom. The van der Waals surface area contributed by atoms with Crippen LogP contribution < -0.4 is 9.47 Å². The lowest BCUT2D eigenvalue weighted by Gasteiger charge is -2.18. The second kappa shape index (κ2) is 7.66. The number of aryl methyl sites for hydroxylation is 1. The van der Waals surface area contributed by atoms with Gasteiger partial charge in [-0.25, -0.2) is 4.98 Å². The Morgan fingerprint density at radius 3 is 2.44 bits per heavy atom. The number of ether oxygens (including phenoxy) is 2. The van der Waals surface area contributed by atoms with Crippen LogP contribution in [0.5, 0.6) is 11.6 Å². The van der Waals surface area contributed by atoms with Gasteiger partial charge in [0.15, 0.2) is 6.10 Å². The predicted molar refractivity (Wildman–Crippen MR) is 107 cm³/mol. The Bertz CT molecular complexity index is 982. The molecule has 0 spiro atoms. The largest absolute Gasteiger partial charge is 0.481 e. The minimum Gasteiger partial charge on any atom is -0.481 e. The molecule has 0 N–H and O–H groups in total. The first kappa shape index (κ1) is 18.7. The summed E-state index contributed by atoms with van der Waals surface area (Å²) in [6.07, 6.45) is 1.31. The average Bonchev–Trinajstić information content (AvgIpc) is 2.66. The summed E-state index contributed by atoms with van der Waals surface area (Å²) in [5.74, 6) is 1.23. The summed E-state index contributed by atoms with van der Waals surface area (Å²) in [6, 6.07) is 14.0. The van der Waals surface area contributed by atoms with Crippen LogP contribution in [0.2, 0.25) is 0 Å². The molecule has 0 aliphatic carbocycles. The minimum absolute atomic E-state index is 0.0621. The van der Waals surface area contributed by atoms with Crippen molar-refractivity contribution in [2.75, 3.05) is 21.2 Å². The highest BCUT2D eigenvalue weighted by Gasteiger charge is 2.16. The number of hydrogen-bond donors (Lipinski definition) is 0. The highest BCUT2D eigenvalue weighted by atomic mass is 16.5. The molecule has 0 radical (unpaired) electrons. The van der Waals surface area contributed by atoms with Crippen LogP contribution in [0, 0.1) is 6.92 Å². The second-order valence-corrected chi connectivity index (χ2v) is 6.76. The van der Waals surface area contributed by atoms with Gasteiger partial charge in [0.05, 0.1) is 7.11 Å². The number of rotatable bonds is 5. The van der Waals surface area contributed by atoms with Crippen LogP contribution in [0.4, 0.5) is 0 Å². The molecule has 0 aliphatic heterocycles. The van der Waals surface area contributed by atoms with E-state index in [1.807, 2.05) is 37.4 Å². The number of carbonyl (C=O) groups is 1. The smallest absolute Gasteiger partial charge is 0.262 e. The molecule has 1 aromatic heterocycles. The molecule has 5 nitrogen and oxygen atoms in total. The lowest BCUT2D eigenvalue weighted by Crippen LogP contribution is -2.35. The van der Waals surface area contributed by atoms with Crippen molar-refractivity contribution in [3.8, 4) is 22.8 Å². The van der Waals surface area contributed by atoms with Crippen molar-refractivity contribution < 1.29 is 14.3 Å². The van der Waals surface area contributed by atoms with Gasteiger partial charge in [-0.15, -0.1) is 0 Å². The number of carbonyl (C=O) groups excluding carboxylic acids is 1. The topological polar surface area (TPSA) is 51.7 Å². The van der Waals surface area contributed by atoms with Crippen LogP contribution in [0.25, 0.3) is 21.9 Å². The zero-order valence-electron chi connectivity index (χ0n) is 16.3. The van der Waals surface area contributed by atoms with Crippen LogP contribution in [0.15, 0.2) is 48.7 Å². The molecular formula is C22H24N2O3. The maximum absolute atomic E-state index is 12.0. The summed E-state index contributed by atoms with van der Waals surface area (Å²) in [4.78, 5) is 17.8. The summed E-state index contributed by atoms with van der Waals surface area (Å²) in [6.45, 7) is 3.80. The average molecular weight is 364 g/mol. The number of pyridine rings is 1. The Morgan fingerprint density at radius 1 is 1.07 bits per heavy atom. The number of nitrogens with zero attached hydrogens (tertiary/aromatic N) is 2. The van der Waals surface area contributed by atoms with Crippen LogP contribution in [-0.2, 0) is 4.79 Å². The molecule has 0 saturated carbocycles. The van der Waals surface area contributed by atoms with Crippen molar-refractivity contribution in [1.82, 2.24) is 9.88 Å². The Kier molecular flexibility index (Phi) is 5.31. The molecule has 0 saturated heterocycles. The highest BCUT2D eigenvalue weighted by Crippen LogP contribution is 2.30. The SMILES string of the molecule is COc1cc(C)c(-c2ccc3cc(OC(C)C(=O)N(C)C)ccc3c2)cn1. The maximum Gasteiger partial charge on any atom is 0.262 e. The molecule has 2 aromatic carbocycles. The van der Waals surface area contributed by atoms with Crippen LogP contribution in [0.1, 0.15) is 12.5 Å². The first-order chi connectivity index (χ1) is 12.9. The Hall–Kier alpha value is -3.08. The van der Waals surface area contributed by atoms with Crippen molar-refractivity contribution in [2.24, 2.45) is 0 Å². The highest BCUT2D eigenvalue weighted by molar-refractivity contribution is 5.89. The van der Waals surface area contributed by atoms with Gasteiger partial charge < -0.3 is 14.4 Å². The van der Waals surface area contributed by atoms with Crippen molar-refractivity contribution >= 4 is 16.7 Å². The van der Waals surface area contributed by atoms with E-state index in [-0.39, 0.29) is 5.91 Å². The van der Waals surface area contributed by atoms with Crippen molar-refractivity contribution in [3.05, 3.63) is 54.2 Å². The third-order valence-electron chi connectivity index (χ3n) is 4.52. The van der Waals surface area contributed by atoms with Gasteiger partial charge in [-0.2, -0.15) is 0 Å². The molecular weight excluding hydrogens is 340 g/mol. The third-order valence-corrected chi connectivity index (χ3v) is 4.52. The van der Waals surface area contributed by atoms with E-state index in [1.165, 1.54) is 4.90 Å². The van der Waals surface area contributed by atoms with Gasteiger partial charge in [-0.3, -0.25) is 4.79 Å². The molecule has 1 atom stereocenters.